The summed E-state index contributed by atoms with van der Waals surface area (Å²) in [6.45, 7) is 1.21. The molecule has 1 aliphatic rings. The van der Waals surface area contributed by atoms with Gasteiger partial charge in [0.05, 0.1) is 18.9 Å². The topological polar surface area (TPSA) is 105 Å². The van der Waals surface area contributed by atoms with Gasteiger partial charge in [-0.1, -0.05) is 18.2 Å². The van der Waals surface area contributed by atoms with E-state index in [1.165, 1.54) is 4.90 Å². The highest BCUT2D eigenvalue weighted by Crippen LogP contribution is 2.17. The summed E-state index contributed by atoms with van der Waals surface area (Å²) in [5.41, 5.74) is -0.247. The summed E-state index contributed by atoms with van der Waals surface area (Å²) in [5.74, 6) is -1.17. The Balaban J connectivity index is 1.96. The van der Waals surface area contributed by atoms with E-state index in [1.54, 1.807) is 30.3 Å². The van der Waals surface area contributed by atoms with Crippen molar-refractivity contribution in [3.05, 3.63) is 52.4 Å². The maximum Gasteiger partial charge on any atom is 0.278 e. The van der Waals surface area contributed by atoms with E-state index in [2.05, 4.69) is 5.10 Å². The monoisotopic (exact) mass is 345 g/mol. The standard InChI is InChI=1S/C17H19N3O5/c21-10-12-9-19(6-7-25-11-12)17(24)16-14(22)8-15(23)20(18-16)13-4-2-1-3-5-13/h1-5,8,12,21-22H,6-7,9-11H2. The van der Waals surface area contributed by atoms with E-state index in [4.69, 9.17) is 4.74 Å². The summed E-state index contributed by atoms with van der Waals surface area (Å²) < 4.78 is 6.44. The van der Waals surface area contributed by atoms with Crippen LogP contribution in [0.4, 0.5) is 0 Å². The lowest BCUT2D eigenvalue weighted by Gasteiger charge is -2.22. The van der Waals surface area contributed by atoms with Crippen LogP contribution in [0.15, 0.2) is 41.2 Å². The van der Waals surface area contributed by atoms with Crippen molar-refractivity contribution in [1.29, 1.82) is 0 Å². The number of aromatic nitrogens is 2. The van der Waals surface area contributed by atoms with Gasteiger partial charge in [0, 0.05) is 31.7 Å². The molecule has 0 aliphatic carbocycles. The third-order valence-electron chi connectivity index (χ3n) is 4.00. The molecule has 0 bridgehead atoms. The molecular formula is C17H19N3O5. The second-order valence-corrected chi connectivity index (χ2v) is 5.84. The second-order valence-electron chi connectivity index (χ2n) is 5.84. The predicted molar refractivity (Wildman–Crippen MR) is 88.8 cm³/mol. The van der Waals surface area contributed by atoms with E-state index in [-0.39, 0.29) is 18.2 Å². The van der Waals surface area contributed by atoms with E-state index in [9.17, 15) is 19.8 Å². The molecule has 3 rings (SSSR count). The molecule has 1 aromatic heterocycles. The molecule has 2 heterocycles. The number of carbonyl (C=O) groups excluding carboxylic acids is 1. The number of hydrogen-bond donors (Lipinski definition) is 2. The van der Waals surface area contributed by atoms with Gasteiger partial charge in [0.25, 0.3) is 11.5 Å². The van der Waals surface area contributed by atoms with E-state index < -0.39 is 17.2 Å². The molecule has 0 spiro atoms. The molecule has 8 nitrogen and oxygen atoms in total. The molecule has 1 saturated heterocycles. The lowest BCUT2D eigenvalue weighted by molar-refractivity contribution is 0.0716. The molecule has 1 aromatic carbocycles. The van der Waals surface area contributed by atoms with Crippen molar-refractivity contribution in [1.82, 2.24) is 14.7 Å². The first-order chi connectivity index (χ1) is 12.1. The van der Waals surface area contributed by atoms with E-state index in [0.29, 0.717) is 32.0 Å². The summed E-state index contributed by atoms with van der Waals surface area (Å²) in [5, 5.41) is 23.5. The number of ether oxygens (including phenoxy) is 1. The van der Waals surface area contributed by atoms with Crippen molar-refractivity contribution in [2.24, 2.45) is 5.92 Å². The van der Waals surface area contributed by atoms with Crippen molar-refractivity contribution < 1.29 is 19.7 Å². The number of aromatic hydroxyl groups is 1. The number of carbonyl (C=O) groups is 1. The fourth-order valence-electron chi connectivity index (χ4n) is 2.68. The van der Waals surface area contributed by atoms with Gasteiger partial charge < -0.3 is 19.8 Å². The van der Waals surface area contributed by atoms with Gasteiger partial charge in [0.2, 0.25) is 0 Å². The number of para-hydroxylation sites is 1. The molecule has 2 N–H and O–H groups in total. The minimum absolute atomic E-state index is 0.104. The van der Waals surface area contributed by atoms with Crippen LogP contribution in [0.1, 0.15) is 10.5 Å². The quantitative estimate of drug-likeness (QED) is 0.812. The van der Waals surface area contributed by atoms with Gasteiger partial charge in [-0.15, -0.1) is 0 Å². The van der Waals surface area contributed by atoms with Crippen molar-refractivity contribution in [3.8, 4) is 11.4 Å². The van der Waals surface area contributed by atoms with Crippen molar-refractivity contribution in [2.45, 2.75) is 0 Å². The van der Waals surface area contributed by atoms with E-state index in [1.807, 2.05) is 0 Å². The molecule has 0 radical (unpaired) electrons. The fourth-order valence-corrected chi connectivity index (χ4v) is 2.68. The zero-order valence-electron chi connectivity index (χ0n) is 13.5. The first-order valence-electron chi connectivity index (χ1n) is 7.97. The Kier molecular flexibility index (Phi) is 5.11. The molecule has 1 atom stereocenters. The highest BCUT2D eigenvalue weighted by Gasteiger charge is 2.26. The minimum Gasteiger partial charge on any atom is -0.505 e. The van der Waals surface area contributed by atoms with Gasteiger partial charge >= 0.3 is 0 Å². The Bertz CT molecular complexity index is 806. The van der Waals surface area contributed by atoms with Crippen LogP contribution in [0.3, 0.4) is 0 Å². The van der Waals surface area contributed by atoms with E-state index in [0.717, 1.165) is 10.7 Å². The molecular weight excluding hydrogens is 326 g/mol. The average Bonchev–Trinajstić information content (AvgIpc) is 2.88. The number of aliphatic hydroxyl groups is 1. The Hall–Kier alpha value is -2.71. The van der Waals surface area contributed by atoms with Crippen LogP contribution in [0.25, 0.3) is 5.69 Å². The van der Waals surface area contributed by atoms with Crippen LogP contribution in [0, 0.1) is 5.92 Å². The number of amides is 1. The molecule has 8 heteroatoms. The molecule has 1 fully saturated rings. The second kappa shape index (κ2) is 7.45. The third-order valence-corrected chi connectivity index (χ3v) is 4.00. The summed E-state index contributed by atoms with van der Waals surface area (Å²) in [6.07, 6.45) is 0. The highest BCUT2D eigenvalue weighted by molar-refractivity contribution is 5.94. The van der Waals surface area contributed by atoms with Crippen LogP contribution < -0.4 is 5.56 Å². The highest BCUT2D eigenvalue weighted by atomic mass is 16.5. The van der Waals surface area contributed by atoms with Gasteiger partial charge in [-0.2, -0.15) is 9.78 Å². The third kappa shape index (κ3) is 3.70. The molecule has 0 saturated carbocycles. The predicted octanol–water partition coefficient (Wildman–Crippen LogP) is 0.0190. The van der Waals surface area contributed by atoms with Crippen molar-refractivity contribution >= 4 is 5.91 Å². The van der Waals surface area contributed by atoms with Gasteiger partial charge in [0.1, 0.15) is 0 Å². The smallest absolute Gasteiger partial charge is 0.278 e. The van der Waals surface area contributed by atoms with Gasteiger partial charge in [-0.3, -0.25) is 9.59 Å². The van der Waals surface area contributed by atoms with Crippen molar-refractivity contribution in [2.75, 3.05) is 32.9 Å². The normalized spacial score (nSPS) is 18.0. The number of nitrogens with zero attached hydrogens (tertiary/aromatic N) is 3. The molecule has 2 aromatic rings. The Labute approximate surface area is 143 Å². The number of benzene rings is 1. The van der Waals surface area contributed by atoms with Gasteiger partial charge in [-0.25, -0.2) is 0 Å². The Morgan fingerprint density at radius 1 is 1.32 bits per heavy atom. The van der Waals surface area contributed by atoms with E-state index >= 15 is 0 Å². The lowest BCUT2D eigenvalue weighted by atomic mass is 10.1. The summed E-state index contributed by atoms with van der Waals surface area (Å²) in [7, 11) is 0. The van der Waals surface area contributed by atoms with Crippen LogP contribution in [0.2, 0.25) is 0 Å². The number of rotatable bonds is 3. The Morgan fingerprint density at radius 2 is 2.08 bits per heavy atom. The van der Waals surface area contributed by atoms with Crippen LogP contribution in [-0.2, 0) is 4.74 Å². The maximum absolute atomic E-state index is 12.8. The zero-order valence-corrected chi connectivity index (χ0v) is 13.5. The number of aliphatic hydroxyl groups excluding tert-OH is 1. The molecule has 25 heavy (non-hydrogen) atoms. The Morgan fingerprint density at radius 3 is 2.80 bits per heavy atom. The first-order valence-corrected chi connectivity index (χ1v) is 7.97. The SMILES string of the molecule is O=C(c1nn(-c2ccccc2)c(=O)cc1O)N1CCOCC(CO)C1. The minimum atomic E-state index is -0.535. The van der Waals surface area contributed by atoms with Crippen molar-refractivity contribution in [3.63, 3.8) is 0 Å². The van der Waals surface area contributed by atoms with Crippen LogP contribution in [-0.4, -0.2) is 63.7 Å². The first kappa shape index (κ1) is 17.1. The fraction of sp³-hybridized carbons (Fsp3) is 0.353. The zero-order chi connectivity index (χ0) is 17.8. The lowest BCUT2D eigenvalue weighted by Crippen LogP contribution is -2.38. The van der Waals surface area contributed by atoms with Gasteiger partial charge in [0.15, 0.2) is 11.4 Å². The summed E-state index contributed by atoms with van der Waals surface area (Å²) in [4.78, 5) is 26.4. The molecule has 1 amide bonds. The largest absolute Gasteiger partial charge is 0.505 e. The van der Waals surface area contributed by atoms with Gasteiger partial charge in [-0.05, 0) is 12.1 Å². The number of hydrogen-bond acceptors (Lipinski definition) is 6. The molecule has 1 unspecified atom stereocenters. The summed E-state index contributed by atoms with van der Waals surface area (Å²) >= 11 is 0. The van der Waals surface area contributed by atoms with Crippen LogP contribution >= 0.6 is 0 Å². The maximum atomic E-state index is 12.8. The average molecular weight is 345 g/mol. The van der Waals surface area contributed by atoms with Crippen LogP contribution in [0.5, 0.6) is 5.75 Å². The summed E-state index contributed by atoms with van der Waals surface area (Å²) in [6, 6.07) is 9.63. The molecule has 132 valence electrons. The molecule has 1 aliphatic heterocycles.